The molecular weight excluding hydrogens is 851 g/mol. The smallest absolute Gasteiger partial charge is 0.416 e. The molecule has 1 aromatic carbocycles. The molecule has 2 spiro atoms. The number of alkyl halides is 3. The van der Waals surface area contributed by atoms with Gasteiger partial charge in [-0.1, -0.05) is 63.6 Å². The highest BCUT2D eigenvalue weighted by Gasteiger charge is 2.78. The lowest BCUT2D eigenvalue weighted by Crippen LogP contribution is -2.68. The number of rotatable bonds is 9. The van der Waals surface area contributed by atoms with E-state index in [1.165, 1.54) is 18.2 Å². The van der Waals surface area contributed by atoms with Gasteiger partial charge in [-0.25, -0.2) is 0 Å². The highest BCUT2D eigenvalue weighted by atomic mass is 35.5. The summed E-state index contributed by atoms with van der Waals surface area (Å²) in [6.45, 7) is 10.5. The summed E-state index contributed by atoms with van der Waals surface area (Å²) in [4.78, 5) is 46.8. The number of hydrogen-bond donors (Lipinski definition) is 2. The average Bonchev–Trinajstić information content (AvgIpc) is 4.04. The number of carbonyl (C=O) groups excluding carboxylic acids is 3. The number of aliphatic hydroxyl groups excluding tert-OH is 1. The summed E-state index contributed by atoms with van der Waals surface area (Å²) < 4.78 is 53.6. The molecule has 1 aliphatic heterocycles. The fraction of sp³-hybridized carbons (Fsp3) is 0.580. The summed E-state index contributed by atoms with van der Waals surface area (Å²) in [5, 5.41) is 26.6. The Morgan fingerprint density at radius 3 is 2.35 bits per heavy atom. The summed E-state index contributed by atoms with van der Waals surface area (Å²) in [6.07, 6.45) is 6.84. The van der Waals surface area contributed by atoms with Crippen molar-refractivity contribution in [3.63, 3.8) is 0 Å². The molecule has 63 heavy (non-hydrogen) atoms. The van der Waals surface area contributed by atoms with Gasteiger partial charge in [0.15, 0.2) is 11.4 Å². The van der Waals surface area contributed by atoms with Crippen molar-refractivity contribution in [2.75, 3.05) is 13.1 Å². The van der Waals surface area contributed by atoms with Gasteiger partial charge >= 0.3 is 12.1 Å². The number of allylic oxidation sites excluding steroid dienone is 4. The van der Waals surface area contributed by atoms with E-state index in [1.54, 1.807) is 16.2 Å². The van der Waals surface area contributed by atoms with Gasteiger partial charge in [0.25, 0.3) is 5.91 Å². The summed E-state index contributed by atoms with van der Waals surface area (Å²) in [5.74, 6) is -1.31. The Balaban J connectivity index is 1.04. The van der Waals surface area contributed by atoms with Crippen molar-refractivity contribution in [2.45, 2.75) is 122 Å². The molecule has 10 unspecified atom stereocenters. The second-order valence-electron chi connectivity index (χ2n) is 21.2. The molecule has 2 N–H and O–H groups in total. The lowest BCUT2D eigenvalue weighted by Gasteiger charge is -2.71. The number of Topliss-reactive ketones (excluding diaryl/α,β-unsaturated/α-hetero) is 1. The van der Waals surface area contributed by atoms with E-state index in [4.69, 9.17) is 20.8 Å². The van der Waals surface area contributed by atoms with Crippen LogP contribution in [-0.4, -0.2) is 63.2 Å². The number of fused-ring (bicyclic) bond motifs is 3. The lowest BCUT2D eigenvalue weighted by atomic mass is 9.32. The summed E-state index contributed by atoms with van der Waals surface area (Å²) in [6, 6.07) is 9.97. The Hall–Kier alpha value is -3.71. The number of hydrogen-bond acceptors (Lipinski definition) is 8. The Bertz CT molecular complexity index is 2500. The molecule has 1 amide bonds. The van der Waals surface area contributed by atoms with Crippen molar-refractivity contribution >= 4 is 40.6 Å². The Morgan fingerprint density at radius 1 is 0.937 bits per heavy atom. The molecule has 336 valence electrons. The van der Waals surface area contributed by atoms with E-state index in [-0.39, 0.29) is 63.6 Å². The molecule has 8 aliphatic rings. The predicted molar refractivity (Wildman–Crippen MR) is 232 cm³/mol. The highest BCUT2D eigenvalue weighted by molar-refractivity contribution is 7.09. The molecule has 1 saturated heterocycles. The molecule has 3 aromatic rings. The van der Waals surface area contributed by atoms with Crippen molar-refractivity contribution in [1.82, 2.24) is 4.90 Å². The normalized spacial score (nSPS) is 39.4. The van der Waals surface area contributed by atoms with E-state index >= 15 is 9.59 Å². The van der Waals surface area contributed by atoms with E-state index < -0.39 is 56.1 Å². The fourth-order valence-corrected chi connectivity index (χ4v) is 15.4. The van der Waals surface area contributed by atoms with Crippen LogP contribution < -0.4 is 0 Å². The van der Waals surface area contributed by atoms with Gasteiger partial charge < -0.3 is 24.3 Å². The SMILES string of the molecule is CC12CCC(C(=O)N(CCc3cccs3)CC3(O)CCC4C56C=CC7(C=C5C(=O)c5ccc(-c8cc(C(F)(F)F)ccc8Cl)o5)CC(O)CCC7(C)C6CCC43C)(OC1=O)C2(C)C. The molecule has 7 aliphatic carbocycles. The first-order chi connectivity index (χ1) is 29.5. The predicted octanol–water partition coefficient (Wildman–Crippen LogP) is 10.6. The minimum absolute atomic E-state index is 0.0176. The minimum atomic E-state index is -4.61. The molecule has 3 heterocycles. The van der Waals surface area contributed by atoms with Crippen molar-refractivity contribution in [2.24, 2.45) is 44.3 Å². The Morgan fingerprint density at radius 2 is 1.67 bits per heavy atom. The number of aliphatic hydroxyl groups is 2. The molecule has 10 atom stereocenters. The van der Waals surface area contributed by atoms with Crippen LogP contribution in [0.3, 0.4) is 0 Å². The second kappa shape index (κ2) is 13.7. The van der Waals surface area contributed by atoms with Gasteiger partial charge in [0.2, 0.25) is 5.78 Å². The number of nitrogens with zero attached hydrogens (tertiary/aromatic N) is 1. The Kier molecular flexibility index (Phi) is 9.37. The summed E-state index contributed by atoms with van der Waals surface area (Å²) in [7, 11) is 0. The van der Waals surface area contributed by atoms with Crippen LogP contribution in [0.15, 0.2) is 76.1 Å². The van der Waals surface area contributed by atoms with Gasteiger partial charge in [-0.05, 0) is 130 Å². The standard InChI is InChI=1S/C50H55ClF3NO7S/c1-42(2)45(5)19-22-49(42,62-41(45)59)40(58)55(23-15-31-7-6-24-63-31)28-47(60)18-14-38-44(47,4)17-13-37-43(3)16-12-30(56)26-46(43)20-21-48(37,38)33(27-46)39(57)36-11-10-35(61-36)32-25-29(50(52,53)54)8-9-34(32)51/h6-11,20-21,24-25,27,30,37-38,56,60H,12-19,22-23,26,28H2,1-5H3. The third-order valence-corrected chi connectivity index (χ3v) is 20.0. The first kappa shape index (κ1) is 43.2. The molecule has 5 fully saturated rings. The first-order valence-electron chi connectivity index (χ1n) is 22.4. The van der Waals surface area contributed by atoms with E-state index in [0.717, 1.165) is 23.4 Å². The minimum Gasteiger partial charge on any atom is -0.453 e. The lowest BCUT2D eigenvalue weighted by molar-refractivity contribution is -0.187. The number of esters is 1. The van der Waals surface area contributed by atoms with Crippen LogP contribution in [0.1, 0.15) is 113 Å². The maximum atomic E-state index is 15.3. The zero-order valence-electron chi connectivity index (χ0n) is 36.4. The fourth-order valence-electron chi connectivity index (χ4n) is 14.5. The van der Waals surface area contributed by atoms with Gasteiger partial charge in [0.1, 0.15) is 5.76 Å². The first-order valence-corrected chi connectivity index (χ1v) is 23.7. The zero-order chi connectivity index (χ0) is 45.0. The zero-order valence-corrected chi connectivity index (χ0v) is 37.9. The molecule has 2 aromatic heterocycles. The van der Waals surface area contributed by atoms with Gasteiger partial charge in [0, 0.05) is 44.2 Å². The van der Waals surface area contributed by atoms with Crippen molar-refractivity contribution in [3.05, 3.63) is 92.9 Å². The van der Waals surface area contributed by atoms with Crippen LogP contribution in [0.25, 0.3) is 11.3 Å². The Labute approximate surface area is 374 Å². The van der Waals surface area contributed by atoms with Crippen LogP contribution in [0, 0.1) is 44.3 Å². The summed E-state index contributed by atoms with van der Waals surface area (Å²) >= 11 is 8.03. The number of halogens is 4. The van der Waals surface area contributed by atoms with Crippen LogP contribution in [0.2, 0.25) is 5.02 Å². The number of carbonyl (C=O) groups is 3. The molecule has 4 bridgehead atoms. The van der Waals surface area contributed by atoms with Gasteiger partial charge in [-0.2, -0.15) is 13.2 Å². The molecule has 0 radical (unpaired) electrons. The van der Waals surface area contributed by atoms with Crippen LogP contribution >= 0.6 is 22.9 Å². The number of benzene rings is 1. The topological polar surface area (TPSA) is 117 Å². The highest BCUT2D eigenvalue weighted by Crippen LogP contribution is 2.78. The van der Waals surface area contributed by atoms with E-state index in [1.807, 2.05) is 38.3 Å². The maximum Gasteiger partial charge on any atom is 0.416 e. The van der Waals surface area contributed by atoms with E-state index in [2.05, 4.69) is 32.1 Å². The monoisotopic (exact) mass is 905 g/mol. The van der Waals surface area contributed by atoms with Crippen molar-refractivity contribution in [1.29, 1.82) is 0 Å². The van der Waals surface area contributed by atoms with Gasteiger partial charge in [-0.15, -0.1) is 11.3 Å². The third-order valence-electron chi connectivity index (χ3n) is 18.7. The van der Waals surface area contributed by atoms with Gasteiger partial charge in [0.05, 0.1) is 34.3 Å². The number of ketones is 1. The average molecular weight is 907 g/mol. The summed E-state index contributed by atoms with van der Waals surface area (Å²) in [5.41, 5.74) is -7.29. The molecule has 13 heteroatoms. The number of thiophene rings is 1. The number of furan rings is 1. The third kappa shape index (κ3) is 5.56. The number of ether oxygens (including phenoxy) is 1. The van der Waals surface area contributed by atoms with Crippen molar-refractivity contribution < 1.29 is 46.9 Å². The van der Waals surface area contributed by atoms with Crippen LogP contribution in [0.5, 0.6) is 0 Å². The quantitative estimate of drug-likeness (QED) is 0.125. The van der Waals surface area contributed by atoms with Crippen LogP contribution in [-0.2, 0) is 26.9 Å². The molecular formula is C50H55ClF3NO7S. The molecule has 8 nitrogen and oxygen atoms in total. The van der Waals surface area contributed by atoms with E-state index in [0.29, 0.717) is 69.9 Å². The second-order valence-corrected chi connectivity index (χ2v) is 22.7. The van der Waals surface area contributed by atoms with E-state index in [9.17, 15) is 28.2 Å². The molecule has 11 rings (SSSR count). The van der Waals surface area contributed by atoms with Crippen molar-refractivity contribution in [3.8, 4) is 11.3 Å². The number of amides is 1. The van der Waals surface area contributed by atoms with Gasteiger partial charge in [-0.3, -0.25) is 14.4 Å². The molecule has 4 saturated carbocycles. The maximum absolute atomic E-state index is 15.3. The largest absolute Gasteiger partial charge is 0.453 e. The van der Waals surface area contributed by atoms with Crippen LogP contribution in [0.4, 0.5) is 13.2 Å².